The fourth-order valence-electron chi connectivity index (χ4n) is 1.40. The lowest BCUT2D eigenvalue weighted by atomic mass is 10.2. The molecule has 1 amide bonds. The third-order valence-electron chi connectivity index (χ3n) is 2.07. The smallest absolute Gasteiger partial charge is 0.421 e. The van der Waals surface area contributed by atoms with E-state index in [9.17, 15) is 18.0 Å². The van der Waals surface area contributed by atoms with Crippen LogP contribution in [-0.4, -0.2) is 49.1 Å². The van der Waals surface area contributed by atoms with Crippen LogP contribution in [0.1, 0.15) is 27.2 Å². The summed E-state index contributed by atoms with van der Waals surface area (Å²) >= 11 is 0. The van der Waals surface area contributed by atoms with E-state index in [4.69, 9.17) is 5.11 Å². The van der Waals surface area contributed by atoms with Crippen LogP contribution in [-0.2, 0) is 19.7 Å². The van der Waals surface area contributed by atoms with Crippen molar-refractivity contribution in [3.63, 3.8) is 0 Å². The Morgan fingerprint density at radius 2 is 1.94 bits per heavy atom. The number of nitrogens with one attached hydrogen (secondary N) is 1. The molecule has 1 atom stereocenters. The van der Waals surface area contributed by atoms with Gasteiger partial charge in [-0.25, -0.2) is 9.52 Å². The normalized spacial score (nSPS) is 13.1. The lowest BCUT2D eigenvalue weighted by Gasteiger charge is -2.25. The van der Waals surface area contributed by atoms with Crippen LogP contribution in [0.5, 0.6) is 0 Å². The lowest BCUT2D eigenvalue weighted by molar-refractivity contribution is -0.137. The van der Waals surface area contributed by atoms with Crippen molar-refractivity contribution in [3.05, 3.63) is 0 Å². The predicted molar refractivity (Wildman–Crippen MR) is 63.2 cm³/mol. The second-order valence-electron chi connectivity index (χ2n) is 3.48. The van der Waals surface area contributed by atoms with Gasteiger partial charge in [-0.3, -0.25) is 4.79 Å². The van der Waals surface area contributed by atoms with Crippen LogP contribution in [0.2, 0.25) is 0 Å². The second kappa shape index (κ2) is 7.17. The molecule has 0 rings (SSSR count). The van der Waals surface area contributed by atoms with Crippen LogP contribution >= 0.6 is 0 Å². The van der Waals surface area contributed by atoms with Crippen LogP contribution in [0.25, 0.3) is 0 Å². The molecule has 18 heavy (non-hydrogen) atoms. The molecule has 0 aliphatic rings. The topological polar surface area (TPSA) is 113 Å². The fraction of sp³-hybridized carbons (Fsp3) is 0.778. The van der Waals surface area contributed by atoms with Gasteiger partial charge in [0.15, 0.2) is 0 Å². The molecule has 0 fully saturated rings. The number of nitrogens with zero attached hydrogens (tertiary/aromatic N) is 1. The Morgan fingerprint density at radius 1 is 1.39 bits per heavy atom. The summed E-state index contributed by atoms with van der Waals surface area (Å²) in [6, 6.07) is -0.764. The molecule has 0 aromatic heterocycles. The first kappa shape index (κ1) is 16.6. The van der Waals surface area contributed by atoms with E-state index in [1.807, 2.05) is 0 Å². The van der Waals surface area contributed by atoms with Gasteiger partial charge in [-0.05, 0) is 13.8 Å². The first-order chi connectivity index (χ1) is 8.24. The maximum Gasteiger partial charge on any atom is 0.421 e. The van der Waals surface area contributed by atoms with Crippen molar-refractivity contribution in [1.29, 1.82) is 0 Å². The molecule has 0 spiro atoms. The molecule has 0 saturated heterocycles. The van der Waals surface area contributed by atoms with Crippen LogP contribution in [0.3, 0.4) is 0 Å². The molecule has 0 aliphatic carbocycles. The number of carbonyl (C=O) groups excluding carboxylic acids is 1. The summed E-state index contributed by atoms with van der Waals surface area (Å²) in [5.41, 5.74) is 0. The largest absolute Gasteiger partial charge is 0.481 e. The van der Waals surface area contributed by atoms with Gasteiger partial charge in [-0.2, -0.15) is 12.7 Å². The first-order valence-electron chi connectivity index (χ1n) is 5.42. The third kappa shape index (κ3) is 5.32. The van der Waals surface area contributed by atoms with Gasteiger partial charge in [0.25, 0.3) is 0 Å². The van der Waals surface area contributed by atoms with Crippen LogP contribution < -0.4 is 4.72 Å². The van der Waals surface area contributed by atoms with E-state index in [1.54, 1.807) is 11.6 Å². The maximum atomic E-state index is 11.8. The zero-order valence-corrected chi connectivity index (χ0v) is 11.4. The monoisotopic (exact) mass is 282 g/mol. The summed E-state index contributed by atoms with van der Waals surface area (Å²) in [5, 5.41) is 8.63. The van der Waals surface area contributed by atoms with Gasteiger partial charge >= 0.3 is 22.3 Å². The van der Waals surface area contributed by atoms with E-state index in [0.717, 1.165) is 4.31 Å². The van der Waals surface area contributed by atoms with E-state index < -0.39 is 28.3 Å². The number of hydrogen-bond acceptors (Lipinski definition) is 5. The Morgan fingerprint density at radius 3 is 2.33 bits per heavy atom. The molecule has 0 aromatic carbocycles. The Balaban J connectivity index is 4.81. The van der Waals surface area contributed by atoms with Gasteiger partial charge in [-0.1, -0.05) is 6.92 Å². The summed E-state index contributed by atoms with van der Waals surface area (Å²) in [6.45, 7) is 4.61. The highest BCUT2D eigenvalue weighted by atomic mass is 32.2. The summed E-state index contributed by atoms with van der Waals surface area (Å²) in [4.78, 5) is 21.6. The number of amides is 1. The predicted octanol–water partition coefficient (Wildman–Crippen LogP) is 0.162. The number of carboxylic acids is 1. The number of carboxylic acid groups (broad SMARTS) is 1. The van der Waals surface area contributed by atoms with E-state index in [2.05, 4.69) is 4.74 Å². The first-order valence-corrected chi connectivity index (χ1v) is 6.86. The van der Waals surface area contributed by atoms with Crippen molar-refractivity contribution in [2.75, 3.05) is 13.2 Å². The Kier molecular flexibility index (Phi) is 6.63. The van der Waals surface area contributed by atoms with E-state index in [0.29, 0.717) is 0 Å². The average molecular weight is 282 g/mol. The van der Waals surface area contributed by atoms with Crippen molar-refractivity contribution in [1.82, 2.24) is 9.03 Å². The molecule has 0 bridgehead atoms. The molecule has 0 saturated carbocycles. The summed E-state index contributed by atoms with van der Waals surface area (Å²) in [7, 11) is -4.09. The summed E-state index contributed by atoms with van der Waals surface area (Å²) < 4.78 is 30.6. The zero-order valence-electron chi connectivity index (χ0n) is 10.5. The molecule has 0 radical (unpaired) electrons. The molecule has 106 valence electrons. The molecule has 1 unspecified atom stereocenters. The van der Waals surface area contributed by atoms with Gasteiger partial charge in [0.05, 0.1) is 13.0 Å². The summed E-state index contributed by atoms with van der Waals surface area (Å²) in [6.07, 6.45) is -1.43. The molecule has 2 N–H and O–H groups in total. The van der Waals surface area contributed by atoms with E-state index in [1.165, 1.54) is 13.8 Å². The van der Waals surface area contributed by atoms with Crippen LogP contribution in [0.15, 0.2) is 0 Å². The van der Waals surface area contributed by atoms with Gasteiger partial charge in [0, 0.05) is 12.6 Å². The highest BCUT2D eigenvalue weighted by Gasteiger charge is 2.29. The zero-order chi connectivity index (χ0) is 14.3. The number of rotatable bonds is 7. The minimum Gasteiger partial charge on any atom is -0.481 e. The van der Waals surface area contributed by atoms with E-state index >= 15 is 0 Å². The number of aliphatic carboxylic acids is 1. The molecule has 8 nitrogen and oxygen atoms in total. The summed E-state index contributed by atoms with van der Waals surface area (Å²) in [5.74, 6) is -1.12. The quantitative estimate of drug-likeness (QED) is 0.687. The van der Waals surface area contributed by atoms with Crippen molar-refractivity contribution in [3.8, 4) is 0 Å². The van der Waals surface area contributed by atoms with Gasteiger partial charge in [0.2, 0.25) is 0 Å². The Labute approximate surface area is 106 Å². The van der Waals surface area contributed by atoms with Gasteiger partial charge < -0.3 is 9.84 Å². The van der Waals surface area contributed by atoms with Gasteiger partial charge in [-0.15, -0.1) is 0 Å². The standard InChI is InChI=1S/C9H18N2O6S/c1-4-11(7(3)6-8(12)13)18(15,16)10-9(14)17-5-2/h7H,4-6H2,1-3H3,(H,10,14)(H,12,13). The molecule has 0 aliphatic heterocycles. The molecule has 0 aromatic rings. The third-order valence-corrected chi connectivity index (χ3v) is 3.73. The van der Waals surface area contributed by atoms with E-state index in [-0.39, 0.29) is 19.6 Å². The highest BCUT2D eigenvalue weighted by molar-refractivity contribution is 7.87. The Hall–Kier alpha value is -1.35. The average Bonchev–Trinajstić information content (AvgIpc) is 2.15. The molecule has 0 heterocycles. The van der Waals surface area contributed by atoms with Crippen LogP contribution in [0, 0.1) is 0 Å². The molecular weight excluding hydrogens is 264 g/mol. The maximum absolute atomic E-state index is 11.8. The van der Waals surface area contributed by atoms with Crippen molar-refractivity contribution < 1.29 is 27.9 Å². The molecule has 9 heteroatoms. The van der Waals surface area contributed by atoms with Crippen molar-refractivity contribution in [2.24, 2.45) is 0 Å². The van der Waals surface area contributed by atoms with Gasteiger partial charge in [0.1, 0.15) is 0 Å². The highest BCUT2D eigenvalue weighted by Crippen LogP contribution is 2.08. The SMILES string of the molecule is CCOC(=O)NS(=O)(=O)N(CC)C(C)CC(=O)O. The second-order valence-corrected chi connectivity index (χ2v) is 5.10. The lowest BCUT2D eigenvalue weighted by Crippen LogP contribution is -2.48. The number of ether oxygens (including phenoxy) is 1. The molecular formula is C9H18N2O6S. The minimum atomic E-state index is -4.09. The van der Waals surface area contributed by atoms with Crippen molar-refractivity contribution in [2.45, 2.75) is 33.2 Å². The minimum absolute atomic E-state index is 0.0398. The van der Waals surface area contributed by atoms with Crippen LogP contribution in [0.4, 0.5) is 4.79 Å². The fourth-order valence-corrected chi connectivity index (χ4v) is 2.67. The number of hydrogen-bond donors (Lipinski definition) is 2. The van der Waals surface area contributed by atoms with Crippen molar-refractivity contribution >= 4 is 22.3 Å². The Bertz CT molecular complexity index is 394. The number of carbonyl (C=O) groups is 2.